The van der Waals surface area contributed by atoms with Gasteiger partial charge in [0.15, 0.2) is 0 Å². The molecule has 2 aliphatic rings. The van der Waals surface area contributed by atoms with Gasteiger partial charge in [0.05, 0.1) is 26.4 Å². The van der Waals surface area contributed by atoms with Crippen molar-refractivity contribution in [1.29, 1.82) is 0 Å². The van der Waals surface area contributed by atoms with Gasteiger partial charge < -0.3 is 14.8 Å². The van der Waals surface area contributed by atoms with Crippen LogP contribution in [0.2, 0.25) is 0 Å². The molecule has 0 spiro atoms. The molecule has 3 rings (SSSR count). The fourth-order valence-electron chi connectivity index (χ4n) is 3.36. The van der Waals surface area contributed by atoms with E-state index in [0.29, 0.717) is 6.04 Å². The van der Waals surface area contributed by atoms with Gasteiger partial charge >= 0.3 is 0 Å². The SMILES string of the molecule is Cc1ccc(C2(CC3COCCN3)COC2)c(C)c1. The lowest BCUT2D eigenvalue weighted by molar-refractivity contribution is -0.0756. The standard InChI is InChI=1S/C16H23NO2/c1-12-3-4-15(13(2)7-12)16(10-19-11-16)8-14-9-18-6-5-17-14/h3-4,7,14,17H,5-6,8-11H2,1-2H3. The van der Waals surface area contributed by atoms with Gasteiger partial charge in [-0.25, -0.2) is 0 Å². The second-order valence-corrected chi connectivity index (χ2v) is 6.02. The normalized spacial score (nSPS) is 25.9. The second-order valence-electron chi connectivity index (χ2n) is 6.02. The van der Waals surface area contributed by atoms with E-state index in [0.717, 1.165) is 39.4 Å². The van der Waals surface area contributed by atoms with Crippen molar-refractivity contribution in [2.75, 3.05) is 33.0 Å². The van der Waals surface area contributed by atoms with E-state index in [2.05, 4.69) is 37.4 Å². The molecule has 0 amide bonds. The number of morpholine rings is 1. The first-order chi connectivity index (χ1) is 9.20. The van der Waals surface area contributed by atoms with Crippen LogP contribution in [0.25, 0.3) is 0 Å². The Morgan fingerprint density at radius 1 is 1.26 bits per heavy atom. The molecule has 0 saturated carbocycles. The zero-order chi connectivity index (χ0) is 13.3. The highest BCUT2D eigenvalue weighted by Gasteiger charge is 2.43. The third-order valence-corrected chi connectivity index (χ3v) is 4.35. The summed E-state index contributed by atoms with van der Waals surface area (Å²) >= 11 is 0. The van der Waals surface area contributed by atoms with Crippen LogP contribution in [0.4, 0.5) is 0 Å². The van der Waals surface area contributed by atoms with Crippen molar-refractivity contribution in [2.24, 2.45) is 0 Å². The van der Waals surface area contributed by atoms with Crippen LogP contribution in [0.3, 0.4) is 0 Å². The van der Waals surface area contributed by atoms with Gasteiger partial charge in [0.1, 0.15) is 0 Å². The largest absolute Gasteiger partial charge is 0.379 e. The fraction of sp³-hybridized carbons (Fsp3) is 0.625. The smallest absolute Gasteiger partial charge is 0.0620 e. The Kier molecular flexibility index (Phi) is 3.61. The highest BCUT2D eigenvalue weighted by Crippen LogP contribution is 2.39. The fourth-order valence-corrected chi connectivity index (χ4v) is 3.36. The van der Waals surface area contributed by atoms with Gasteiger partial charge in [0.25, 0.3) is 0 Å². The van der Waals surface area contributed by atoms with Gasteiger partial charge in [-0.05, 0) is 31.4 Å². The molecule has 2 aliphatic heterocycles. The molecule has 19 heavy (non-hydrogen) atoms. The first-order valence-electron chi connectivity index (χ1n) is 7.16. The van der Waals surface area contributed by atoms with Gasteiger partial charge in [-0.1, -0.05) is 23.8 Å². The number of aryl methyl sites for hydroxylation is 2. The molecule has 1 atom stereocenters. The third-order valence-electron chi connectivity index (χ3n) is 4.35. The predicted molar refractivity (Wildman–Crippen MR) is 75.6 cm³/mol. The van der Waals surface area contributed by atoms with Crippen molar-refractivity contribution in [1.82, 2.24) is 5.32 Å². The van der Waals surface area contributed by atoms with Crippen LogP contribution >= 0.6 is 0 Å². The molecular weight excluding hydrogens is 238 g/mol. The van der Waals surface area contributed by atoms with E-state index in [9.17, 15) is 0 Å². The molecule has 104 valence electrons. The highest BCUT2D eigenvalue weighted by molar-refractivity contribution is 5.38. The van der Waals surface area contributed by atoms with Crippen LogP contribution in [-0.4, -0.2) is 39.0 Å². The lowest BCUT2D eigenvalue weighted by Gasteiger charge is -2.45. The van der Waals surface area contributed by atoms with Crippen molar-refractivity contribution in [3.63, 3.8) is 0 Å². The monoisotopic (exact) mass is 261 g/mol. The molecule has 0 radical (unpaired) electrons. The Morgan fingerprint density at radius 3 is 2.68 bits per heavy atom. The summed E-state index contributed by atoms with van der Waals surface area (Å²) in [5.41, 5.74) is 4.36. The van der Waals surface area contributed by atoms with Crippen molar-refractivity contribution < 1.29 is 9.47 Å². The van der Waals surface area contributed by atoms with E-state index in [-0.39, 0.29) is 5.41 Å². The van der Waals surface area contributed by atoms with Crippen LogP contribution in [0.1, 0.15) is 23.1 Å². The average Bonchev–Trinajstić information content (AvgIpc) is 2.36. The summed E-state index contributed by atoms with van der Waals surface area (Å²) in [6.07, 6.45) is 1.11. The molecule has 1 aromatic rings. The molecule has 0 bridgehead atoms. The van der Waals surface area contributed by atoms with E-state index >= 15 is 0 Å². The number of rotatable bonds is 3. The summed E-state index contributed by atoms with van der Waals surface area (Å²) in [5, 5.41) is 3.56. The lowest BCUT2D eigenvalue weighted by atomic mass is 9.72. The van der Waals surface area contributed by atoms with Crippen molar-refractivity contribution in [3.8, 4) is 0 Å². The maximum absolute atomic E-state index is 5.58. The van der Waals surface area contributed by atoms with E-state index in [1.165, 1.54) is 16.7 Å². The summed E-state index contributed by atoms with van der Waals surface area (Å²) in [6, 6.07) is 7.24. The van der Waals surface area contributed by atoms with E-state index in [1.807, 2.05) is 0 Å². The maximum atomic E-state index is 5.58. The van der Waals surface area contributed by atoms with Crippen LogP contribution in [0.15, 0.2) is 18.2 Å². The second kappa shape index (κ2) is 5.23. The van der Waals surface area contributed by atoms with Gasteiger partial charge in [-0.2, -0.15) is 0 Å². The topological polar surface area (TPSA) is 30.5 Å². The van der Waals surface area contributed by atoms with Gasteiger partial charge in [0, 0.05) is 18.0 Å². The van der Waals surface area contributed by atoms with E-state index < -0.39 is 0 Å². The Labute approximate surface area is 115 Å². The number of nitrogens with one attached hydrogen (secondary N) is 1. The minimum Gasteiger partial charge on any atom is -0.379 e. The predicted octanol–water partition coefficient (Wildman–Crippen LogP) is 1.95. The molecule has 0 aromatic heterocycles. The molecule has 2 saturated heterocycles. The molecule has 0 aliphatic carbocycles. The first-order valence-corrected chi connectivity index (χ1v) is 7.16. The average molecular weight is 261 g/mol. The van der Waals surface area contributed by atoms with Gasteiger partial charge in [-0.3, -0.25) is 0 Å². The summed E-state index contributed by atoms with van der Waals surface area (Å²) in [4.78, 5) is 0. The van der Waals surface area contributed by atoms with Crippen LogP contribution in [-0.2, 0) is 14.9 Å². The maximum Gasteiger partial charge on any atom is 0.0620 e. The van der Waals surface area contributed by atoms with Crippen LogP contribution in [0.5, 0.6) is 0 Å². The molecule has 2 fully saturated rings. The molecular formula is C16H23NO2. The molecule has 2 heterocycles. The Morgan fingerprint density at radius 2 is 2.11 bits per heavy atom. The zero-order valence-electron chi connectivity index (χ0n) is 11.9. The minimum atomic E-state index is 0.191. The van der Waals surface area contributed by atoms with Crippen molar-refractivity contribution in [3.05, 3.63) is 34.9 Å². The number of benzene rings is 1. The summed E-state index contributed by atoms with van der Waals surface area (Å²) in [7, 11) is 0. The molecule has 1 N–H and O–H groups in total. The lowest BCUT2D eigenvalue weighted by Crippen LogP contribution is -2.54. The van der Waals surface area contributed by atoms with Crippen LogP contribution in [0, 0.1) is 13.8 Å². The summed E-state index contributed by atoms with van der Waals surface area (Å²) < 4.78 is 11.1. The number of ether oxygens (including phenoxy) is 2. The zero-order valence-corrected chi connectivity index (χ0v) is 11.9. The number of hydrogen-bond acceptors (Lipinski definition) is 3. The minimum absolute atomic E-state index is 0.191. The molecule has 3 nitrogen and oxygen atoms in total. The van der Waals surface area contributed by atoms with E-state index in [4.69, 9.17) is 9.47 Å². The Hall–Kier alpha value is -0.900. The number of hydrogen-bond donors (Lipinski definition) is 1. The quantitative estimate of drug-likeness (QED) is 0.902. The summed E-state index contributed by atoms with van der Waals surface area (Å²) in [6.45, 7) is 8.68. The molecule has 1 aromatic carbocycles. The molecule has 3 heteroatoms. The van der Waals surface area contributed by atoms with Gasteiger partial charge in [0.2, 0.25) is 0 Å². The van der Waals surface area contributed by atoms with Crippen molar-refractivity contribution >= 4 is 0 Å². The van der Waals surface area contributed by atoms with E-state index in [1.54, 1.807) is 0 Å². The van der Waals surface area contributed by atoms with Crippen molar-refractivity contribution in [2.45, 2.75) is 31.7 Å². The van der Waals surface area contributed by atoms with Crippen LogP contribution < -0.4 is 5.32 Å². The molecule has 1 unspecified atom stereocenters. The summed E-state index contributed by atoms with van der Waals surface area (Å²) in [5.74, 6) is 0. The van der Waals surface area contributed by atoms with Gasteiger partial charge in [-0.15, -0.1) is 0 Å². The highest BCUT2D eigenvalue weighted by atomic mass is 16.5. The Bertz CT molecular complexity index is 448. The third kappa shape index (κ3) is 2.55. The first kappa shape index (κ1) is 13.1. The Balaban J connectivity index is 1.81.